The number of unbranched alkanes of at least 4 members (excludes halogenated alkanes) is 2. The largest absolute Gasteiger partial charge is 0.399 e. The lowest BCUT2D eigenvalue weighted by atomic mass is 9.96. The van der Waals surface area contributed by atoms with Crippen LogP contribution < -0.4 is 37.0 Å². The Morgan fingerprint density at radius 3 is 1.44 bits per heavy atom. The van der Waals surface area contributed by atoms with Crippen molar-refractivity contribution in [2.45, 2.75) is 26.2 Å². The third kappa shape index (κ3) is 7.15. The molecule has 8 rings (SSSR count). The first-order valence-electron chi connectivity index (χ1n) is 19.4. The molecule has 9 nitrogen and oxygen atoms in total. The second kappa shape index (κ2) is 15.3. The predicted octanol–water partition coefficient (Wildman–Crippen LogP) is 7.67. The summed E-state index contributed by atoms with van der Waals surface area (Å²) in [5, 5.41) is 12.7. The number of benzene rings is 6. The molecule has 9 heteroatoms. The van der Waals surface area contributed by atoms with E-state index in [9.17, 15) is 9.59 Å². The number of pyridine rings is 2. The van der Waals surface area contributed by atoms with Crippen molar-refractivity contribution in [2.24, 2.45) is 14.1 Å². The first-order chi connectivity index (χ1) is 27.6. The molecular weight excluding hydrogens is 707 g/mol. The van der Waals surface area contributed by atoms with Crippen molar-refractivity contribution in [2.75, 3.05) is 30.3 Å². The Morgan fingerprint density at radius 2 is 0.930 bits per heavy atom. The van der Waals surface area contributed by atoms with Gasteiger partial charge in [-0.05, 0) is 105 Å². The van der Waals surface area contributed by atoms with Gasteiger partial charge in [0.25, 0.3) is 11.8 Å². The average Bonchev–Trinajstić information content (AvgIpc) is 3.20. The van der Waals surface area contributed by atoms with E-state index in [1.54, 1.807) is 0 Å². The number of carbonyl (C=O) groups is 2. The van der Waals surface area contributed by atoms with Gasteiger partial charge in [0.1, 0.15) is 14.1 Å². The highest BCUT2D eigenvalue weighted by molar-refractivity contribution is 6.11. The first kappa shape index (κ1) is 36.9. The van der Waals surface area contributed by atoms with Crippen LogP contribution in [0.4, 0.5) is 17.1 Å². The van der Waals surface area contributed by atoms with Crippen molar-refractivity contribution < 1.29 is 18.7 Å². The van der Waals surface area contributed by atoms with Crippen molar-refractivity contribution in [3.63, 3.8) is 0 Å². The number of fused-ring (bicyclic) bond motifs is 6. The molecule has 2 amide bonds. The Labute approximate surface area is 331 Å². The van der Waals surface area contributed by atoms with Gasteiger partial charge in [0, 0.05) is 75.3 Å². The number of nitrogens with zero attached hydrogens (tertiary/aromatic N) is 2. The molecule has 8 N–H and O–H groups in total. The van der Waals surface area contributed by atoms with Gasteiger partial charge in [0.05, 0.1) is 21.5 Å². The molecule has 0 saturated carbocycles. The highest BCUT2D eigenvalue weighted by Crippen LogP contribution is 2.35. The van der Waals surface area contributed by atoms with Crippen LogP contribution in [0.15, 0.2) is 121 Å². The second-order valence-electron chi connectivity index (χ2n) is 15.0. The fourth-order valence-electron chi connectivity index (χ4n) is 8.14. The monoisotopic (exact) mass is 753 g/mol. The molecule has 0 atom stereocenters. The molecular formula is C48H47N7O2+2. The molecule has 0 fully saturated rings. The number of carbonyl (C=O) groups excluding carboxylic acids is 2. The number of anilines is 3. The van der Waals surface area contributed by atoms with Crippen LogP contribution >= 0.6 is 0 Å². The van der Waals surface area contributed by atoms with E-state index in [1.807, 2.05) is 105 Å². The van der Waals surface area contributed by atoms with Crippen LogP contribution in [0.25, 0.3) is 65.9 Å². The van der Waals surface area contributed by atoms with E-state index in [0.29, 0.717) is 41.3 Å². The second-order valence-corrected chi connectivity index (χ2v) is 15.0. The van der Waals surface area contributed by atoms with Crippen molar-refractivity contribution in [1.29, 1.82) is 0 Å². The number of nitrogens with two attached hydrogens (primary N) is 3. The van der Waals surface area contributed by atoms with Gasteiger partial charge < -0.3 is 27.8 Å². The maximum Gasteiger partial charge on any atom is 0.251 e. The summed E-state index contributed by atoms with van der Waals surface area (Å²) in [5.74, 6) is -0.246. The third-order valence-corrected chi connectivity index (χ3v) is 11.0. The molecule has 2 heterocycles. The Hall–Kier alpha value is -7.00. The van der Waals surface area contributed by atoms with E-state index in [1.165, 1.54) is 5.56 Å². The summed E-state index contributed by atoms with van der Waals surface area (Å²) >= 11 is 0. The van der Waals surface area contributed by atoms with Gasteiger partial charge in [-0.25, -0.2) is 0 Å². The van der Waals surface area contributed by atoms with E-state index >= 15 is 0 Å². The maximum atomic E-state index is 13.3. The molecule has 0 bridgehead atoms. The minimum atomic E-state index is -0.132. The van der Waals surface area contributed by atoms with Gasteiger partial charge in [0.2, 0.25) is 22.4 Å². The number of nitrogens with one attached hydrogen (secondary N) is 2. The molecule has 284 valence electrons. The van der Waals surface area contributed by atoms with Crippen LogP contribution in [0.3, 0.4) is 0 Å². The number of aromatic nitrogens is 2. The Kier molecular flexibility index (Phi) is 9.90. The number of hydrogen-bond acceptors (Lipinski definition) is 5. The Bertz CT molecular complexity index is 2710. The number of hydrogen-bond donors (Lipinski definition) is 5. The van der Waals surface area contributed by atoms with Crippen LogP contribution in [0.2, 0.25) is 0 Å². The van der Waals surface area contributed by atoms with E-state index in [4.69, 9.17) is 17.2 Å². The smallest absolute Gasteiger partial charge is 0.251 e. The molecule has 0 saturated heterocycles. The van der Waals surface area contributed by atoms with E-state index in [2.05, 4.69) is 57.0 Å². The van der Waals surface area contributed by atoms with Crippen LogP contribution in [-0.4, -0.2) is 24.9 Å². The summed E-state index contributed by atoms with van der Waals surface area (Å²) in [5.41, 5.74) is 28.9. The predicted molar refractivity (Wildman–Crippen MR) is 233 cm³/mol. The van der Waals surface area contributed by atoms with Gasteiger partial charge in [-0.2, -0.15) is 9.13 Å². The molecule has 0 aliphatic carbocycles. The first-order valence-corrected chi connectivity index (χ1v) is 19.4. The lowest BCUT2D eigenvalue weighted by molar-refractivity contribution is -0.632. The lowest BCUT2D eigenvalue weighted by Gasteiger charge is -2.12. The number of amides is 2. The molecule has 0 aliphatic rings. The van der Waals surface area contributed by atoms with Gasteiger partial charge in [-0.1, -0.05) is 35.9 Å². The molecule has 0 spiro atoms. The van der Waals surface area contributed by atoms with Crippen LogP contribution in [-0.2, 0) is 14.1 Å². The van der Waals surface area contributed by atoms with Crippen molar-refractivity contribution in [3.8, 4) is 22.5 Å². The average molecular weight is 754 g/mol. The minimum Gasteiger partial charge on any atom is -0.399 e. The number of aryl methyl sites for hydroxylation is 3. The summed E-state index contributed by atoms with van der Waals surface area (Å²) < 4.78 is 4.28. The van der Waals surface area contributed by atoms with Gasteiger partial charge in [-0.3, -0.25) is 9.59 Å². The van der Waals surface area contributed by atoms with Crippen molar-refractivity contribution in [1.82, 2.24) is 10.6 Å². The molecule has 0 aliphatic heterocycles. The maximum absolute atomic E-state index is 13.3. The van der Waals surface area contributed by atoms with Gasteiger partial charge >= 0.3 is 0 Å². The normalized spacial score (nSPS) is 11.4. The van der Waals surface area contributed by atoms with Crippen molar-refractivity contribution >= 4 is 72.2 Å². The fourth-order valence-corrected chi connectivity index (χ4v) is 8.14. The zero-order chi connectivity index (χ0) is 39.8. The Balaban J connectivity index is 0.891. The standard InChI is InChI=1S/C48H45N7O2/c1-29-13-17-37-39-19-15-35(50)27-43(39)54(2)45(41(37)23-29)30-9-7-11-32(24-30)47(56)52-21-5-4-6-22-53-48(57)33-12-8-10-31(25-33)46-42-26-34(49)14-18-38(42)40-20-16-36(51)28-44(40)55(46)3/h7-20,23-28,50-51H,4-6,21-22,49H2,1-3H3,(H2,52,53,56,57)/p+2. The van der Waals surface area contributed by atoms with Crippen LogP contribution in [0.5, 0.6) is 0 Å². The van der Waals surface area contributed by atoms with Crippen LogP contribution in [0, 0.1) is 6.92 Å². The minimum absolute atomic E-state index is 0.114. The zero-order valence-corrected chi connectivity index (χ0v) is 32.5. The quantitative estimate of drug-likeness (QED) is 0.0422. The molecule has 8 aromatic rings. The highest BCUT2D eigenvalue weighted by Gasteiger charge is 2.24. The topological polar surface area (TPSA) is 144 Å². The van der Waals surface area contributed by atoms with Gasteiger partial charge in [0.15, 0.2) is 0 Å². The summed E-state index contributed by atoms with van der Waals surface area (Å²) in [6.07, 6.45) is 2.43. The lowest BCUT2D eigenvalue weighted by Crippen LogP contribution is -2.32. The fraction of sp³-hybridized carbons (Fsp3) is 0.167. The van der Waals surface area contributed by atoms with Crippen molar-refractivity contribution in [3.05, 3.63) is 138 Å². The SMILES string of the molecule is Cc1ccc2c(c1)c(-c1cccc(C(=O)NCCCCCNC(=O)c3cccc(-c4c5cc(N)ccc5c5ccc(N)cc5[n+]4C)c3)c1)[n+](C)c1cc(N)ccc21. The summed E-state index contributed by atoms with van der Waals surface area (Å²) in [4.78, 5) is 26.7. The van der Waals surface area contributed by atoms with E-state index in [-0.39, 0.29) is 11.8 Å². The zero-order valence-electron chi connectivity index (χ0n) is 32.5. The third-order valence-electron chi connectivity index (χ3n) is 11.0. The molecule has 57 heavy (non-hydrogen) atoms. The summed E-state index contributed by atoms with van der Waals surface area (Å²) in [6.45, 7) is 3.16. The van der Waals surface area contributed by atoms with E-state index < -0.39 is 0 Å². The number of nitrogen functional groups attached to an aromatic ring is 3. The molecule has 6 aromatic carbocycles. The molecule has 2 aromatic heterocycles. The Morgan fingerprint density at radius 1 is 0.491 bits per heavy atom. The van der Waals surface area contributed by atoms with Crippen LogP contribution in [0.1, 0.15) is 45.5 Å². The van der Waals surface area contributed by atoms with Gasteiger partial charge in [-0.15, -0.1) is 0 Å². The highest BCUT2D eigenvalue weighted by atomic mass is 16.2. The number of rotatable bonds is 10. The summed E-state index contributed by atoms with van der Waals surface area (Å²) in [7, 11) is 4.06. The molecule has 0 unspecified atom stereocenters. The summed E-state index contributed by atoms with van der Waals surface area (Å²) in [6, 6.07) is 39.8. The van der Waals surface area contributed by atoms with E-state index in [0.717, 1.165) is 85.1 Å². The molecule has 0 radical (unpaired) electrons.